The summed E-state index contributed by atoms with van der Waals surface area (Å²) in [6.45, 7) is 6.23. The number of benzene rings is 2. The lowest BCUT2D eigenvalue weighted by Crippen LogP contribution is -2.35. The summed E-state index contributed by atoms with van der Waals surface area (Å²) in [6, 6.07) is 15.1. The van der Waals surface area contributed by atoms with E-state index < -0.39 is 0 Å². The van der Waals surface area contributed by atoms with Crippen LogP contribution in [0.25, 0.3) is 0 Å². The maximum atomic E-state index is 12.4. The maximum Gasteiger partial charge on any atom is 0.321 e. The van der Waals surface area contributed by atoms with Crippen LogP contribution in [-0.4, -0.2) is 36.5 Å². The molecule has 0 radical (unpaired) electrons. The van der Waals surface area contributed by atoms with E-state index in [1.54, 1.807) is 24.3 Å². The second-order valence-corrected chi connectivity index (χ2v) is 8.28. The van der Waals surface area contributed by atoms with Gasteiger partial charge in [-0.2, -0.15) is 0 Å². The van der Waals surface area contributed by atoms with Gasteiger partial charge in [-0.25, -0.2) is 4.79 Å². The summed E-state index contributed by atoms with van der Waals surface area (Å²) in [4.78, 5) is 26.5. The number of likely N-dealkylation sites (tertiary alicyclic amines) is 1. The van der Waals surface area contributed by atoms with E-state index in [4.69, 9.17) is 4.74 Å². The average molecular weight is 424 g/mol. The van der Waals surface area contributed by atoms with Crippen LogP contribution in [0.5, 0.6) is 5.75 Å². The van der Waals surface area contributed by atoms with Gasteiger partial charge in [-0.1, -0.05) is 38.8 Å². The van der Waals surface area contributed by atoms with E-state index in [-0.39, 0.29) is 18.4 Å². The molecule has 6 heteroatoms. The Kier molecular flexibility index (Phi) is 8.33. The van der Waals surface area contributed by atoms with Crippen LogP contribution >= 0.6 is 0 Å². The van der Waals surface area contributed by atoms with E-state index >= 15 is 0 Å². The van der Waals surface area contributed by atoms with Gasteiger partial charge in [-0.05, 0) is 60.7 Å². The van der Waals surface area contributed by atoms with Gasteiger partial charge in [0.25, 0.3) is 0 Å². The monoisotopic (exact) mass is 423 g/mol. The smallest absolute Gasteiger partial charge is 0.321 e. The van der Waals surface area contributed by atoms with E-state index in [0.717, 1.165) is 37.4 Å². The van der Waals surface area contributed by atoms with E-state index in [1.807, 2.05) is 29.2 Å². The van der Waals surface area contributed by atoms with Gasteiger partial charge in [0.1, 0.15) is 5.75 Å². The summed E-state index contributed by atoms with van der Waals surface area (Å²) in [5.74, 6) is 1.13. The molecule has 0 bridgehead atoms. The predicted molar refractivity (Wildman–Crippen MR) is 125 cm³/mol. The number of hydrogen-bond donors (Lipinski definition) is 2. The van der Waals surface area contributed by atoms with E-state index in [2.05, 4.69) is 24.5 Å². The molecule has 0 aromatic heterocycles. The number of ether oxygens (including phenoxy) is 1. The van der Waals surface area contributed by atoms with Crippen LogP contribution in [0, 0.1) is 0 Å². The van der Waals surface area contributed by atoms with Gasteiger partial charge in [0.05, 0.1) is 13.0 Å². The minimum Gasteiger partial charge on any atom is -0.493 e. The molecule has 0 spiro atoms. The van der Waals surface area contributed by atoms with Crippen molar-refractivity contribution in [3.05, 3.63) is 54.1 Å². The van der Waals surface area contributed by atoms with Crippen LogP contribution in [0.4, 0.5) is 16.2 Å². The van der Waals surface area contributed by atoms with Crippen molar-refractivity contribution in [3.8, 4) is 5.75 Å². The fourth-order valence-corrected chi connectivity index (χ4v) is 3.55. The highest BCUT2D eigenvalue weighted by Crippen LogP contribution is 2.19. The van der Waals surface area contributed by atoms with E-state index in [1.165, 1.54) is 18.4 Å². The molecule has 31 heavy (non-hydrogen) atoms. The fourth-order valence-electron chi connectivity index (χ4n) is 3.55. The molecule has 0 saturated carbocycles. The highest BCUT2D eigenvalue weighted by molar-refractivity contribution is 5.92. The first kappa shape index (κ1) is 22.7. The van der Waals surface area contributed by atoms with E-state index in [9.17, 15) is 9.59 Å². The number of nitrogens with zero attached hydrogens (tertiary/aromatic N) is 1. The second-order valence-electron chi connectivity index (χ2n) is 8.28. The van der Waals surface area contributed by atoms with Gasteiger partial charge < -0.3 is 20.3 Å². The molecule has 3 rings (SSSR count). The van der Waals surface area contributed by atoms with Crippen LogP contribution in [0.2, 0.25) is 0 Å². The quantitative estimate of drug-likeness (QED) is 0.607. The molecule has 3 amide bonds. The van der Waals surface area contributed by atoms with Crippen molar-refractivity contribution >= 4 is 23.3 Å². The number of nitrogens with one attached hydrogen (secondary N) is 2. The first-order valence-corrected chi connectivity index (χ1v) is 11.2. The molecular formula is C25H33N3O3. The Bertz CT molecular complexity index is 839. The summed E-state index contributed by atoms with van der Waals surface area (Å²) in [6.07, 6.45) is 4.76. The molecule has 6 nitrogen and oxygen atoms in total. The van der Waals surface area contributed by atoms with Crippen molar-refractivity contribution in [1.29, 1.82) is 0 Å². The molecule has 1 saturated heterocycles. The molecular weight excluding hydrogens is 390 g/mol. The zero-order chi connectivity index (χ0) is 22.1. The average Bonchev–Trinajstić information content (AvgIpc) is 3.05. The topological polar surface area (TPSA) is 70.7 Å². The van der Waals surface area contributed by atoms with Crippen LogP contribution < -0.4 is 15.4 Å². The standard InChI is InChI=1S/C25H33N3O3/c1-19(2)20-7-13-23(14-8-20)31-18-15-24(29)26-21-9-11-22(12-10-21)27-25(30)28-16-5-3-4-6-17-28/h7-14,19H,3-6,15-18H2,1-2H3,(H,26,29)(H,27,30). The number of carbonyl (C=O) groups excluding carboxylic acids is 2. The molecule has 0 aliphatic carbocycles. The Balaban J connectivity index is 1.40. The molecule has 166 valence electrons. The van der Waals surface area contributed by atoms with Crippen LogP contribution in [0.1, 0.15) is 57.4 Å². The Morgan fingerprint density at radius 1 is 0.871 bits per heavy atom. The predicted octanol–water partition coefficient (Wildman–Crippen LogP) is 5.63. The molecule has 2 aromatic rings. The third-order valence-electron chi connectivity index (χ3n) is 5.46. The fraction of sp³-hybridized carbons (Fsp3) is 0.440. The third-order valence-corrected chi connectivity index (χ3v) is 5.46. The minimum absolute atomic E-state index is 0.0581. The largest absolute Gasteiger partial charge is 0.493 e. The zero-order valence-corrected chi connectivity index (χ0v) is 18.5. The van der Waals surface area contributed by atoms with Crippen molar-refractivity contribution in [2.75, 3.05) is 30.3 Å². The minimum atomic E-state index is -0.111. The summed E-state index contributed by atoms with van der Waals surface area (Å²) >= 11 is 0. The number of urea groups is 1. The number of anilines is 2. The molecule has 1 aliphatic rings. The summed E-state index contributed by atoms with van der Waals surface area (Å²) in [5, 5.41) is 5.80. The van der Waals surface area contributed by atoms with Crippen molar-refractivity contribution in [3.63, 3.8) is 0 Å². The van der Waals surface area contributed by atoms with Crippen molar-refractivity contribution in [2.45, 2.75) is 51.9 Å². The highest BCUT2D eigenvalue weighted by atomic mass is 16.5. The van der Waals surface area contributed by atoms with Crippen molar-refractivity contribution in [1.82, 2.24) is 4.90 Å². The Labute approximate surface area is 185 Å². The number of amides is 3. The lowest BCUT2D eigenvalue weighted by Gasteiger charge is -2.20. The molecule has 1 aliphatic heterocycles. The molecule has 2 aromatic carbocycles. The van der Waals surface area contributed by atoms with Gasteiger partial charge in [-0.15, -0.1) is 0 Å². The van der Waals surface area contributed by atoms with Crippen molar-refractivity contribution < 1.29 is 14.3 Å². The zero-order valence-electron chi connectivity index (χ0n) is 18.5. The van der Waals surface area contributed by atoms with Crippen LogP contribution in [-0.2, 0) is 4.79 Å². The number of hydrogen-bond acceptors (Lipinski definition) is 3. The maximum absolute atomic E-state index is 12.4. The Morgan fingerprint density at radius 2 is 1.45 bits per heavy atom. The number of rotatable bonds is 7. The van der Waals surface area contributed by atoms with Crippen molar-refractivity contribution in [2.24, 2.45) is 0 Å². The molecule has 1 heterocycles. The van der Waals surface area contributed by atoms with Gasteiger partial charge in [0.15, 0.2) is 0 Å². The lowest BCUT2D eigenvalue weighted by molar-refractivity contribution is -0.116. The van der Waals surface area contributed by atoms with Crippen LogP contribution in [0.15, 0.2) is 48.5 Å². The Morgan fingerprint density at radius 3 is 2.03 bits per heavy atom. The molecule has 0 unspecified atom stereocenters. The summed E-state index contributed by atoms with van der Waals surface area (Å²) in [5.41, 5.74) is 2.68. The van der Waals surface area contributed by atoms with Crippen LogP contribution in [0.3, 0.4) is 0 Å². The third kappa shape index (κ3) is 7.31. The molecule has 0 atom stereocenters. The van der Waals surface area contributed by atoms with Gasteiger partial charge in [0.2, 0.25) is 5.91 Å². The first-order valence-electron chi connectivity index (χ1n) is 11.2. The van der Waals surface area contributed by atoms with Gasteiger partial charge in [0, 0.05) is 24.5 Å². The van der Waals surface area contributed by atoms with E-state index in [0.29, 0.717) is 18.2 Å². The van der Waals surface area contributed by atoms with Gasteiger partial charge in [-0.3, -0.25) is 4.79 Å². The first-order chi connectivity index (χ1) is 15.0. The Hall–Kier alpha value is -3.02. The second kappa shape index (κ2) is 11.4. The normalized spacial score (nSPS) is 14.1. The molecule has 1 fully saturated rings. The summed E-state index contributed by atoms with van der Waals surface area (Å²) in [7, 11) is 0. The van der Waals surface area contributed by atoms with Gasteiger partial charge >= 0.3 is 6.03 Å². The number of carbonyl (C=O) groups is 2. The highest BCUT2D eigenvalue weighted by Gasteiger charge is 2.15. The lowest BCUT2D eigenvalue weighted by atomic mass is 10.0. The SMILES string of the molecule is CC(C)c1ccc(OCCC(=O)Nc2ccc(NC(=O)N3CCCCCC3)cc2)cc1. The summed E-state index contributed by atoms with van der Waals surface area (Å²) < 4.78 is 5.67. The molecule has 2 N–H and O–H groups in total.